The van der Waals surface area contributed by atoms with Crippen LogP contribution in [-0.2, 0) is 0 Å². The maximum Gasteiger partial charge on any atom is 0.135 e. The minimum Gasteiger partial charge on any atom is -0.383 e. The summed E-state index contributed by atoms with van der Waals surface area (Å²) in [4.78, 5) is 5.20. The zero-order valence-corrected chi connectivity index (χ0v) is 10.1. The number of aromatic nitrogens is 1. The monoisotopic (exact) mass is 231 g/mol. The Morgan fingerprint density at radius 3 is 2.69 bits per heavy atom. The molecule has 0 aliphatic rings. The van der Waals surface area contributed by atoms with Gasteiger partial charge in [-0.25, -0.2) is 4.98 Å². The summed E-state index contributed by atoms with van der Waals surface area (Å²) in [7, 11) is 0. The molecule has 0 unspecified atom stereocenters. The summed E-state index contributed by atoms with van der Waals surface area (Å²) in [5.74, 6) is 0.0916. The van der Waals surface area contributed by atoms with E-state index in [4.69, 9.17) is 11.1 Å². The Hall–Kier alpha value is -1.68. The number of nitrogens with one attached hydrogen (secondary N) is 1. The first-order chi connectivity index (χ1) is 7.58. The van der Waals surface area contributed by atoms with Gasteiger partial charge in [0.05, 0.1) is 10.6 Å². The molecule has 82 valence electrons. The SMILES string of the molecule is Cc1cccc(-c2nc(C)c(C(=N)N)s2)c1. The lowest BCUT2D eigenvalue weighted by atomic mass is 10.1. The van der Waals surface area contributed by atoms with Crippen LogP contribution < -0.4 is 5.73 Å². The van der Waals surface area contributed by atoms with Crippen molar-refractivity contribution in [2.75, 3.05) is 0 Å². The quantitative estimate of drug-likeness (QED) is 0.616. The largest absolute Gasteiger partial charge is 0.383 e. The Balaban J connectivity index is 2.49. The van der Waals surface area contributed by atoms with Crippen LogP contribution in [0.2, 0.25) is 0 Å². The predicted octanol–water partition coefficient (Wildman–Crippen LogP) is 2.71. The zero-order valence-electron chi connectivity index (χ0n) is 9.24. The predicted molar refractivity (Wildman–Crippen MR) is 68.0 cm³/mol. The highest BCUT2D eigenvalue weighted by atomic mass is 32.1. The molecule has 3 nitrogen and oxygen atoms in total. The van der Waals surface area contributed by atoms with Gasteiger partial charge >= 0.3 is 0 Å². The van der Waals surface area contributed by atoms with E-state index < -0.39 is 0 Å². The Bertz CT molecular complexity index is 543. The second-order valence-corrected chi connectivity index (χ2v) is 4.72. The molecule has 0 amide bonds. The van der Waals surface area contributed by atoms with Gasteiger partial charge in [0.15, 0.2) is 0 Å². The van der Waals surface area contributed by atoms with E-state index >= 15 is 0 Å². The number of nitrogens with two attached hydrogens (primary N) is 1. The molecule has 0 atom stereocenters. The fourth-order valence-electron chi connectivity index (χ4n) is 1.55. The molecule has 0 spiro atoms. The van der Waals surface area contributed by atoms with Crippen molar-refractivity contribution in [2.24, 2.45) is 5.73 Å². The van der Waals surface area contributed by atoms with Crippen LogP contribution in [0.5, 0.6) is 0 Å². The first kappa shape index (κ1) is 10.8. The van der Waals surface area contributed by atoms with Crippen molar-refractivity contribution in [1.29, 1.82) is 5.41 Å². The van der Waals surface area contributed by atoms with Crippen molar-refractivity contribution in [3.63, 3.8) is 0 Å². The third-order valence-corrected chi connectivity index (χ3v) is 3.55. The molecule has 2 aromatic rings. The molecule has 0 saturated carbocycles. The fourth-order valence-corrected chi connectivity index (χ4v) is 2.47. The van der Waals surface area contributed by atoms with Crippen LogP contribution in [0.3, 0.4) is 0 Å². The molecule has 0 saturated heterocycles. The molecule has 0 aliphatic carbocycles. The number of benzene rings is 1. The highest BCUT2D eigenvalue weighted by Crippen LogP contribution is 2.27. The summed E-state index contributed by atoms with van der Waals surface area (Å²) < 4.78 is 0. The smallest absolute Gasteiger partial charge is 0.135 e. The van der Waals surface area contributed by atoms with Gasteiger partial charge in [-0.2, -0.15) is 0 Å². The first-order valence-electron chi connectivity index (χ1n) is 4.97. The second kappa shape index (κ2) is 4.06. The molecular weight excluding hydrogens is 218 g/mol. The summed E-state index contributed by atoms with van der Waals surface area (Å²) in [6.45, 7) is 3.93. The van der Waals surface area contributed by atoms with Crippen LogP contribution in [0, 0.1) is 19.3 Å². The molecule has 0 radical (unpaired) electrons. The number of hydrogen-bond acceptors (Lipinski definition) is 3. The molecule has 2 rings (SSSR count). The number of thiazole rings is 1. The van der Waals surface area contributed by atoms with Gasteiger partial charge in [-0.3, -0.25) is 5.41 Å². The van der Waals surface area contributed by atoms with E-state index in [-0.39, 0.29) is 5.84 Å². The van der Waals surface area contributed by atoms with Gasteiger partial charge < -0.3 is 5.73 Å². The van der Waals surface area contributed by atoms with Gasteiger partial charge in [-0.1, -0.05) is 23.8 Å². The Kier molecular flexibility index (Phi) is 2.75. The molecule has 0 bridgehead atoms. The molecule has 16 heavy (non-hydrogen) atoms. The minimum atomic E-state index is 0.0916. The highest BCUT2D eigenvalue weighted by molar-refractivity contribution is 7.17. The maximum atomic E-state index is 7.44. The third-order valence-electron chi connectivity index (χ3n) is 2.31. The van der Waals surface area contributed by atoms with E-state index in [1.54, 1.807) is 0 Å². The fraction of sp³-hybridized carbons (Fsp3) is 0.167. The topological polar surface area (TPSA) is 62.8 Å². The number of nitrogens with zero attached hydrogens (tertiary/aromatic N) is 1. The summed E-state index contributed by atoms with van der Waals surface area (Å²) in [6, 6.07) is 8.17. The molecule has 0 fully saturated rings. The Morgan fingerprint density at radius 1 is 1.38 bits per heavy atom. The van der Waals surface area contributed by atoms with Crippen molar-refractivity contribution in [3.05, 3.63) is 40.4 Å². The van der Waals surface area contributed by atoms with Crippen LogP contribution in [-0.4, -0.2) is 10.8 Å². The standard InChI is InChI=1S/C12H13N3S/c1-7-4-3-5-9(6-7)12-15-8(2)10(16-12)11(13)14/h3-6H,1-2H3,(H3,13,14). The average molecular weight is 231 g/mol. The number of nitrogen functional groups attached to an aromatic ring is 1. The van der Waals surface area contributed by atoms with Gasteiger partial charge in [-0.05, 0) is 19.9 Å². The average Bonchev–Trinajstić information content (AvgIpc) is 2.60. The van der Waals surface area contributed by atoms with Crippen molar-refractivity contribution in [3.8, 4) is 10.6 Å². The molecule has 1 aromatic heterocycles. The summed E-state index contributed by atoms with van der Waals surface area (Å²) in [5.41, 5.74) is 8.60. The third kappa shape index (κ3) is 1.97. The van der Waals surface area contributed by atoms with Crippen molar-refractivity contribution >= 4 is 17.2 Å². The van der Waals surface area contributed by atoms with E-state index in [0.717, 1.165) is 21.1 Å². The van der Waals surface area contributed by atoms with Gasteiger partial charge in [0, 0.05) is 5.56 Å². The summed E-state index contributed by atoms with van der Waals surface area (Å²) in [5, 5.41) is 8.37. The van der Waals surface area contributed by atoms with Gasteiger partial charge in [0.2, 0.25) is 0 Å². The van der Waals surface area contributed by atoms with Crippen LogP contribution in [0.25, 0.3) is 10.6 Å². The zero-order chi connectivity index (χ0) is 11.7. The van der Waals surface area contributed by atoms with Gasteiger partial charge in [0.25, 0.3) is 0 Å². The van der Waals surface area contributed by atoms with E-state index in [2.05, 4.69) is 24.0 Å². The lowest BCUT2D eigenvalue weighted by Gasteiger charge is -1.96. The number of hydrogen-bond donors (Lipinski definition) is 2. The van der Waals surface area contributed by atoms with Crippen LogP contribution in [0.4, 0.5) is 0 Å². The second-order valence-electron chi connectivity index (χ2n) is 3.72. The number of amidine groups is 1. The molecular formula is C12H13N3S. The summed E-state index contributed by atoms with van der Waals surface area (Å²) >= 11 is 1.47. The molecule has 0 aliphatic heterocycles. The Labute approximate surface area is 98.5 Å². The van der Waals surface area contributed by atoms with Gasteiger partial charge in [-0.15, -0.1) is 11.3 Å². The molecule has 1 heterocycles. The number of aryl methyl sites for hydroxylation is 2. The van der Waals surface area contributed by atoms with Crippen molar-refractivity contribution in [2.45, 2.75) is 13.8 Å². The minimum absolute atomic E-state index is 0.0916. The van der Waals surface area contributed by atoms with Crippen LogP contribution >= 0.6 is 11.3 Å². The normalized spacial score (nSPS) is 10.4. The van der Waals surface area contributed by atoms with E-state index in [1.807, 2.05) is 19.1 Å². The van der Waals surface area contributed by atoms with Crippen LogP contribution in [0.1, 0.15) is 16.1 Å². The van der Waals surface area contributed by atoms with Crippen LogP contribution in [0.15, 0.2) is 24.3 Å². The molecule has 3 N–H and O–H groups in total. The number of rotatable bonds is 2. The maximum absolute atomic E-state index is 7.44. The molecule has 4 heteroatoms. The van der Waals surface area contributed by atoms with Crippen molar-refractivity contribution in [1.82, 2.24) is 4.98 Å². The Morgan fingerprint density at radius 2 is 2.12 bits per heavy atom. The van der Waals surface area contributed by atoms with E-state index in [9.17, 15) is 0 Å². The lowest BCUT2D eigenvalue weighted by molar-refractivity contribution is 1.25. The lowest BCUT2D eigenvalue weighted by Crippen LogP contribution is -2.10. The van der Waals surface area contributed by atoms with Crippen molar-refractivity contribution < 1.29 is 0 Å². The molecule has 1 aromatic carbocycles. The highest BCUT2D eigenvalue weighted by Gasteiger charge is 2.11. The van der Waals surface area contributed by atoms with Gasteiger partial charge in [0.1, 0.15) is 10.8 Å². The van der Waals surface area contributed by atoms with E-state index in [1.165, 1.54) is 16.9 Å². The summed E-state index contributed by atoms with van der Waals surface area (Å²) in [6.07, 6.45) is 0. The first-order valence-corrected chi connectivity index (χ1v) is 5.78. The van der Waals surface area contributed by atoms with E-state index in [0.29, 0.717) is 0 Å².